The Kier molecular flexibility index (Phi) is 2.34. The van der Waals surface area contributed by atoms with E-state index in [1.807, 2.05) is 0 Å². The molecule has 0 aliphatic rings. The zero-order valence-corrected chi connectivity index (χ0v) is 8.31. The monoisotopic (exact) mass is 229 g/mol. The molecule has 0 N–H and O–H groups in total. The molecule has 15 heavy (non-hydrogen) atoms. The van der Waals surface area contributed by atoms with Gasteiger partial charge in [0, 0.05) is 5.39 Å². The summed E-state index contributed by atoms with van der Waals surface area (Å²) in [6.45, 7) is 0. The van der Waals surface area contributed by atoms with Crippen LogP contribution in [-0.2, 0) is 6.18 Å². The Labute approximate surface area is 89.3 Å². The smallest absolute Gasteiger partial charge is 0.237 e. The number of thiol groups is 1. The number of rotatable bonds is 0. The average Bonchev–Trinajstić information content (AvgIpc) is 2.16. The predicted octanol–water partition coefficient (Wildman–Crippen LogP) is 3.54. The van der Waals surface area contributed by atoms with Crippen LogP contribution in [0, 0.1) is 0 Å². The van der Waals surface area contributed by atoms with E-state index in [-0.39, 0.29) is 5.03 Å². The van der Waals surface area contributed by atoms with Crippen LogP contribution >= 0.6 is 12.6 Å². The molecule has 0 spiro atoms. The highest BCUT2D eigenvalue weighted by atomic mass is 32.1. The minimum Gasteiger partial charge on any atom is -0.237 e. The molecule has 1 nitrogen and oxygen atoms in total. The second-order valence-electron chi connectivity index (χ2n) is 3.05. The number of alkyl halides is 3. The van der Waals surface area contributed by atoms with Gasteiger partial charge < -0.3 is 0 Å². The fourth-order valence-corrected chi connectivity index (χ4v) is 1.64. The molecule has 0 radical (unpaired) electrons. The lowest BCUT2D eigenvalue weighted by Gasteiger charge is -2.08. The molecule has 1 aromatic carbocycles. The summed E-state index contributed by atoms with van der Waals surface area (Å²) in [6, 6.07) is 7.72. The Morgan fingerprint density at radius 1 is 1.13 bits per heavy atom. The molecule has 0 aliphatic carbocycles. The molecule has 0 atom stereocenters. The van der Waals surface area contributed by atoms with Crippen molar-refractivity contribution in [2.45, 2.75) is 11.2 Å². The number of aromatic nitrogens is 1. The zero-order chi connectivity index (χ0) is 11.1. The molecule has 2 aromatic rings. The van der Waals surface area contributed by atoms with Crippen LogP contribution in [0.1, 0.15) is 5.69 Å². The standard InChI is InChI=1S/C10H6F3NS/c11-10(12,13)8-5-6-3-1-2-4-7(6)9(15)14-8/h1-5H,(H,14,15). The van der Waals surface area contributed by atoms with Gasteiger partial charge in [-0.1, -0.05) is 24.3 Å². The summed E-state index contributed by atoms with van der Waals surface area (Å²) in [7, 11) is 0. The highest BCUT2D eigenvalue weighted by Crippen LogP contribution is 2.31. The van der Waals surface area contributed by atoms with E-state index in [2.05, 4.69) is 17.6 Å². The maximum Gasteiger partial charge on any atom is 0.433 e. The molecular formula is C10H6F3NS. The van der Waals surface area contributed by atoms with Crippen LogP contribution < -0.4 is 0 Å². The third kappa shape index (κ3) is 1.92. The van der Waals surface area contributed by atoms with Crippen LogP contribution in [0.3, 0.4) is 0 Å². The quantitative estimate of drug-likeness (QED) is 0.682. The third-order valence-electron chi connectivity index (χ3n) is 2.01. The van der Waals surface area contributed by atoms with Crippen molar-refractivity contribution in [2.75, 3.05) is 0 Å². The summed E-state index contributed by atoms with van der Waals surface area (Å²) < 4.78 is 37.2. The van der Waals surface area contributed by atoms with Gasteiger partial charge >= 0.3 is 6.18 Å². The first-order valence-corrected chi connectivity index (χ1v) is 4.59. The number of benzene rings is 1. The number of hydrogen-bond donors (Lipinski definition) is 1. The van der Waals surface area contributed by atoms with E-state index >= 15 is 0 Å². The van der Waals surface area contributed by atoms with E-state index in [0.29, 0.717) is 10.8 Å². The summed E-state index contributed by atoms with van der Waals surface area (Å²) in [5, 5.41) is 1.21. The fourth-order valence-electron chi connectivity index (χ4n) is 1.33. The number of fused-ring (bicyclic) bond motifs is 1. The lowest BCUT2D eigenvalue weighted by Crippen LogP contribution is -2.08. The molecule has 78 valence electrons. The third-order valence-corrected chi connectivity index (χ3v) is 2.35. The predicted molar refractivity (Wildman–Crippen MR) is 54.0 cm³/mol. The van der Waals surface area contributed by atoms with Gasteiger partial charge in [0.05, 0.1) is 0 Å². The van der Waals surface area contributed by atoms with Crippen LogP contribution in [-0.4, -0.2) is 4.98 Å². The van der Waals surface area contributed by atoms with Gasteiger partial charge in [-0.25, -0.2) is 4.98 Å². The van der Waals surface area contributed by atoms with Crippen LogP contribution in [0.4, 0.5) is 13.2 Å². The first-order valence-electron chi connectivity index (χ1n) is 4.14. The summed E-state index contributed by atoms with van der Waals surface area (Å²) in [5.41, 5.74) is -0.911. The van der Waals surface area contributed by atoms with Gasteiger partial charge in [-0.15, -0.1) is 12.6 Å². The van der Waals surface area contributed by atoms with Crippen molar-refractivity contribution in [1.82, 2.24) is 4.98 Å². The van der Waals surface area contributed by atoms with E-state index in [4.69, 9.17) is 0 Å². The molecule has 0 saturated carbocycles. The number of hydrogen-bond acceptors (Lipinski definition) is 2. The molecule has 0 bridgehead atoms. The highest BCUT2D eigenvalue weighted by Gasteiger charge is 2.33. The van der Waals surface area contributed by atoms with E-state index < -0.39 is 11.9 Å². The number of nitrogens with zero attached hydrogens (tertiary/aromatic N) is 1. The van der Waals surface area contributed by atoms with Crippen molar-refractivity contribution in [3.63, 3.8) is 0 Å². The fraction of sp³-hybridized carbons (Fsp3) is 0.100. The van der Waals surface area contributed by atoms with Crippen molar-refractivity contribution >= 4 is 23.4 Å². The van der Waals surface area contributed by atoms with Crippen LogP contribution in [0.5, 0.6) is 0 Å². The molecule has 1 aromatic heterocycles. The number of pyridine rings is 1. The maximum atomic E-state index is 12.4. The topological polar surface area (TPSA) is 12.9 Å². The van der Waals surface area contributed by atoms with Gasteiger partial charge in [0.2, 0.25) is 0 Å². The maximum absolute atomic E-state index is 12.4. The molecular weight excluding hydrogens is 223 g/mol. The largest absolute Gasteiger partial charge is 0.433 e. The Balaban J connectivity index is 2.73. The van der Waals surface area contributed by atoms with Crippen LogP contribution in [0.15, 0.2) is 35.4 Å². The molecule has 0 aliphatic heterocycles. The van der Waals surface area contributed by atoms with E-state index in [1.54, 1.807) is 24.3 Å². The second kappa shape index (κ2) is 3.41. The van der Waals surface area contributed by atoms with Gasteiger partial charge in [-0.05, 0) is 11.5 Å². The van der Waals surface area contributed by atoms with Gasteiger partial charge in [-0.3, -0.25) is 0 Å². The van der Waals surface area contributed by atoms with E-state index in [9.17, 15) is 13.2 Å². The lowest BCUT2D eigenvalue weighted by molar-refractivity contribution is -0.141. The van der Waals surface area contributed by atoms with Crippen molar-refractivity contribution in [2.24, 2.45) is 0 Å². The van der Waals surface area contributed by atoms with Crippen LogP contribution in [0.25, 0.3) is 10.8 Å². The average molecular weight is 229 g/mol. The number of halogens is 3. The van der Waals surface area contributed by atoms with Gasteiger partial charge in [-0.2, -0.15) is 13.2 Å². The van der Waals surface area contributed by atoms with Gasteiger partial charge in [0.1, 0.15) is 10.7 Å². The first kappa shape index (κ1) is 10.3. The lowest BCUT2D eigenvalue weighted by atomic mass is 10.1. The Morgan fingerprint density at radius 3 is 2.47 bits per heavy atom. The van der Waals surface area contributed by atoms with Crippen molar-refractivity contribution in [3.05, 3.63) is 36.0 Å². The van der Waals surface area contributed by atoms with Crippen molar-refractivity contribution < 1.29 is 13.2 Å². The van der Waals surface area contributed by atoms with E-state index in [1.165, 1.54) is 0 Å². The van der Waals surface area contributed by atoms with Gasteiger partial charge in [0.15, 0.2) is 0 Å². The minimum atomic E-state index is -4.43. The highest BCUT2D eigenvalue weighted by molar-refractivity contribution is 7.80. The Morgan fingerprint density at radius 2 is 1.80 bits per heavy atom. The normalized spacial score (nSPS) is 12.0. The molecule has 0 saturated heterocycles. The summed E-state index contributed by atoms with van der Waals surface area (Å²) >= 11 is 3.94. The molecule has 0 unspecified atom stereocenters. The van der Waals surface area contributed by atoms with Crippen molar-refractivity contribution in [1.29, 1.82) is 0 Å². The SMILES string of the molecule is FC(F)(F)c1cc2ccccc2c(S)n1. The molecule has 0 fully saturated rings. The summed E-state index contributed by atoms with van der Waals surface area (Å²) in [6.07, 6.45) is -4.43. The van der Waals surface area contributed by atoms with E-state index in [0.717, 1.165) is 6.07 Å². The Bertz CT molecular complexity index is 507. The molecule has 5 heteroatoms. The summed E-state index contributed by atoms with van der Waals surface area (Å²) in [5.74, 6) is 0. The van der Waals surface area contributed by atoms with Crippen molar-refractivity contribution in [3.8, 4) is 0 Å². The molecule has 2 rings (SSSR count). The minimum absolute atomic E-state index is 0.0976. The Hall–Kier alpha value is -1.23. The van der Waals surface area contributed by atoms with Gasteiger partial charge in [0.25, 0.3) is 0 Å². The second-order valence-corrected chi connectivity index (χ2v) is 3.47. The molecule has 0 amide bonds. The zero-order valence-electron chi connectivity index (χ0n) is 7.42. The van der Waals surface area contributed by atoms with Crippen LogP contribution in [0.2, 0.25) is 0 Å². The summed E-state index contributed by atoms with van der Waals surface area (Å²) in [4.78, 5) is 3.41. The first-order chi connectivity index (χ1) is 6.98. The molecule has 1 heterocycles.